The molecule has 1 fully saturated rings. The first-order chi connectivity index (χ1) is 15.0. The average molecular weight is 466 g/mol. The van der Waals surface area contributed by atoms with Gasteiger partial charge < -0.3 is 9.64 Å². The summed E-state index contributed by atoms with van der Waals surface area (Å²) in [6.45, 7) is 8.49. The molecule has 0 aliphatic carbocycles. The highest BCUT2D eigenvalue weighted by atomic mass is 32.2. The van der Waals surface area contributed by atoms with Gasteiger partial charge in [0.1, 0.15) is 10.6 Å². The number of likely N-dealkylation sites (tertiary alicyclic amines) is 1. The summed E-state index contributed by atoms with van der Waals surface area (Å²) in [5, 5.41) is 15.6. The third-order valence-corrected chi connectivity index (χ3v) is 6.73. The van der Waals surface area contributed by atoms with E-state index in [4.69, 9.17) is 4.74 Å². The molecule has 1 aliphatic rings. The third-order valence-electron chi connectivity index (χ3n) is 5.05. The highest BCUT2D eigenvalue weighted by molar-refractivity contribution is 7.89. The van der Waals surface area contributed by atoms with Crippen LogP contribution in [0.15, 0.2) is 23.1 Å². The van der Waals surface area contributed by atoms with Gasteiger partial charge in [-0.1, -0.05) is 0 Å². The summed E-state index contributed by atoms with van der Waals surface area (Å²) < 4.78 is 35.6. The van der Waals surface area contributed by atoms with Gasteiger partial charge in [0.05, 0.1) is 4.92 Å². The van der Waals surface area contributed by atoms with Crippen LogP contribution in [-0.4, -0.2) is 53.1 Å². The fourth-order valence-corrected chi connectivity index (χ4v) is 4.93. The monoisotopic (exact) mass is 465 g/mol. The van der Waals surface area contributed by atoms with Crippen LogP contribution in [0.1, 0.15) is 49.7 Å². The Morgan fingerprint density at radius 1 is 1.31 bits per heavy atom. The van der Waals surface area contributed by atoms with Crippen LogP contribution in [-0.2, 0) is 16.6 Å². The maximum Gasteiger partial charge on any atom is 0.274 e. The van der Waals surface area contributed by atoms with Crippen LogP contribution < -0.4 is 9.46 Å². The van der Waals surface area contributed by atoms with Gasteiger partial charge in [0.2, 0.25) is 15.9 Å². The molecule has 2 heterocycles. The lowest BCUT2D eigenvalue weighted by Crippen LogP contribution is -2.30. The van der Waals surface area contributed by atoms with Crippen LogP contribution in [0.3, 0.4) is 0 Å². The SMILES string of the molecule is CCn1nc(C(=O)N2CCCC2)c(C)c1Oc1ccc([N+](=O)[O-])cc1S(=O)(=O)NC(C)C. The Kier molecular flexibility index (Phi) is 6.84. The number of nitrogens with one attached hydrogen (secondary N) is 1. The zero-order valence-electron chi connectivity index (χ0n) is 18.5. The van der Waals surface area contributed by atoms with Crippen molar-refractivity contribution in [2.75, 3.05) is 13.1 Å². The third kappa shape index (κ3) is 4.75. The van der Waals surface area contributed by atoms with Crippen molar-refractivity contribution in [3.8, 4) is 11.6 Å². The van der Waals surface area contributed by atoms with E-state index in [1.165, 1.54) is 16.8 Å². The van der Waals surface area contributed by atoms with Crippen molar-refractivity contribution in [1.82, 2.24) is 19.4 Å². The number of benzene rings is 1. The Bertz CT molecular complexity index is 1140. The van der Waals surface area contributed by atoms with Gasteiger partial charge in [-0.3, -0.25) is 14.9 Å². The van der Waals surface area contributed by atoms with Gasteiger partial charge in [-0.05, 0) is 46.6 Å². The van der Waals surface area contributed by atoms with E-state index >= 15 is 0 Å². The molecule has 0 saturated carbocycles. The number of hydrogen-bond donors (Lipinski definition) is 1. The molecular formula is C20H27N5O6S. The van der Waals surface area contributed by atoms with E-state index < -0.39 is 21.0 Å². The largest absolute Gasteiger partial charge is 0.438 e. The second-order valence-electron chi connectivity index (χ2n) is 7.86. The molecule has 3 rings (SSSR count). The zero-order valence-corrected chi connectivity index (χ0v) is 19.3. The zero-order chi connectivity index (χ0) is 23.6. The molecule has 12 heteroatoms. The molecule has 0 bridgehead atoms. The van der Waals surface area contributed by atoms with Gasteiger partial charge in [0, 0.05) is 43.4 Å². The molecule has 0 atom stereocenters. The molecular weight excluding hydrogens is 438 g/mol. The molecule has 0 spiro atoms. The Balaban J connectivity index is 2.06. The lowest BCUT2D eigenvalue weighted by atomic mass is 10.2. The number of aryl methyl sites for hydroxylation is 1. The Morgan fingerprint density at radius 2 is 1.97 bits per heavy atom. The molecule has 174 valence electrons. The van der Waals surface area contributed by atoms with Crippen LogP contribution in [0.5, 0.6) is 11.6 Å². The lowest BCUT2D eigenvalue weighted by Gasteiger charge is -2.15. The minimum Gasteiger partial charge on any atom is -0.438 e. The molecule has 2 aromatic rings. The van der Waals surface area contributed by atoms with Gasteiger partial charge in [0.25, 0.3) is 11.6 Å². The molecule has 0 unspecified atom stereocenters. The van der Waals surface area contributed by atoms with Crippen LogP contribution in [0.25, 0.3) is 0 Å². The number of rotatable bonds is 8. The first-order valence-electron chi connectivity index (χ1n) is 10.4. The summed E-state index contributed by atoms with van der Waals surface area (Å²) in [6.07, 6.45) is 1.88. The van der Waals surface area contributed by atoms with E-state index in [0.29, 0.717) is 25.2 Å². The van der Waals surface area contributed by atoms with E-state index in [2.05, 4.69) is 9.82 Å². The summed E-state index contributed by atoms with van der Waals surface area (Å²) in [5.74, 6) is -0.0819. The van der Waals surface area contributed by atoms with Crippen molar-refractivity contribution in [1.29, 1.82) is 0 Å². The number of carbonyl (C=O) groups is 1. The summed E-state index contributed by atoms with van der Waals surface area (Å²) >= 11 is 0. The summed E-state index contributed by atoms with van der Waals surface area (Å²) in [6, 6.07) is 2.93. The first kappa shape index (κ1) is 23.7. The predicted octanol–water partition coefficient (Wildman–Crippen LogP) is 2.83. The van der Waals surface area contributed by atoms with Crippen molar-refractivity contribution in [2.24, 2.45) is 0 Å². The number of non-ortho nitro benzene ring substituents is 1. The maximum absolute atomic E-state index is 12.9. The Morgan fingerprint density at radius 3 is 2.53 bits per heavy atom. The quantitative estimate of drug-likeness (QED) is 0.467. The van der Waals surface area contributed by atoms with Crippen molar-refractivity contribution < 1.29 is 22.9 Å². The number of amides is 1. The Labute approximate surface area is 186 Å². The fourth-order valence-electron chi connectivity index (χ4n) is 3.54. The Hall–Kier alpha value is -2.99. The molecule has 1 N–H and O–H groups in total. The molecule has 11 nitrogen and oxygen atoms in total. The number of nitrogens with zero attached hydrogens (tertiary/aromatic N) is 4. The van der Waals surface area contributed by atoms with Gasteiger partial charge in [-0.15, -0.1) is 0 Å². The highest BCUT2D eigenvalue weighted by Gasteiger charge is 2.29. The van der Waals surface area contributed by atoms with Crippen LogP contribution >= 0.6 is 0 Å². The summed E-state index contributed by atoms with van der Waals surface area (Å²) in [5.41, 5.74) is 0.338. The van der Waals surface area contributed by atoms with Gasteiger partial charge in [-0.2, -0.15) is 5.10 Å². The molecule has 0 radical (unpaired) electrons. The molecule has 1 amide bonds. The van der Waals surface area contributed by atoms with Crippen LogP contribution in [0.4, 0.5) is 5.69 Å². The number of hydrogen-bond acceptors (Lipinski definition) is 7. The van der Waals surface area contributed by atoms with E-state index in [1.807, 2.05) is 6.92 Å². The van der Waals surface area contributed by atoms with Crippen molar-refractivity contribution in [3.05, 3.63) is 39.6 Å². The van der Waals surface area contributed by atoms with E-state index in [1.54, 1.807) is 25.7 Å². The van der Waals surface area contributed by atoms with E-state index in [0.717, 1.165) is 18.9 Å². The topological polar surface area (TPSA) is 137 Å². The minimum atomic E-state index is -4.11. The summed E-state index contributed by atoms with van der Waals surface area (Å²) in [4.78, 5) is 24.8. The van der Waals surface area contributed by atoms with Crippen molar-refractivity contribution in [3.63, 3.8) is 0 Å². The number of aromatic nitrogens is 2. The molecule has 1 saturated heterocycles. The standard InChI is InChI=1S/C20H27N5O6S/c1-5-24-20(14(4)18(21-24)19(26)23-10-6-7-11-23)31-16-9-8-15(25(27)28)12-17(16)32(29,30)22-13(2)3/h8-9,12-13,22H,5-7,10-11H2,1-4H3. The number of nitro benzene ring substituents is 1. The normalized spacial score (nSPS) is 14.2. The van der Waals surface area contributed by atoms with Crippen molar-refractivity contribution >= 4 is 21.6 Å². The van der Waals surface area contributed by atoms with E-state index in [9.17, 15) is 23.3 Å². The smallest absolute Gasteiger partial charge is 0.274 e. The number of sulfonamides is 1. The number of nitro groups is 1. The predicted molar refractivity (Wildman–Crippen MR) is 116 cm³/mol. The van der Waals surface area contributed by atoms with Gasteiger partial charge >= 0.3 is 0 Å². The first-order valence-corrected chi connectivity index (χ1v) is 11.9. The maximum atomic E-state index is 12.9. The molecule has 1 aromatic heterocycles. The van der Waals surface area contributed by atoms with Gasteiger partial charge in [0.15, 0.2) is 5.69 Å². The fraction of sp³-hybridized carbons (Fsp3) is 0.500. The lowest BCUT2D eigenvalue weighted by molar-refractivity contribution is -0.385. The van der Waals surface area contributed by atoms with Crippen LogP contribution in [0.2, 0.25) is 0 Å². The minimum absolute atomic E-state index is 0.0957. The summed E-state index contributed by atoms with van der Waals surface area (Å²) in [7, 11) is -4.11. The molecule has 1 aliphatic heterocycles. The average Bonchev–Trinajstić information content (AvgIpc) is 3.36. The molecule has 1 aromatic carbocycles. The molecule has 32 heavy (non-hydrogen) atoms. The van der Waals surface area contributed by atoms with Crippen LogP contribution in [0, 0.1) is 17.0 Å². The van der Waals surface area contributed by atoms with Crippen molar-refractivity contribution in [2.45, 2.75) is 58.0 Å². The highest BCUT2D eigenvalue weighted by Crippen LogP contribution is 2.35. The number of carbonyl (C=O) groups excluding carboxylic acids is 1. The second kappa shape index (κ2) is 9.25. The van der Waals surface area contributed by atoms with Gasteiger partial charge in [-0.25, -0.2) is 17.8 Å². The van der Waals surface area contributed by atoms with E-state index in [-0.39, 0.29) is 33.8 Å². The second-order valence-corrected chi connectivity index (χ2v) is 9.54. The number of ether oxygens (including phenoxy) is 1.